The van der Waals surface area contributed by atoms with Gasteiger partial charge in [0, 0.05) is 38.6 Å². The molecule has 5 nitrogen and oxygen atoms in total. The van der Waals surface area contributed by atoms with Gasteiger partial charge in [-0.25, -0.2) is 4.57 Å². The van der Waals surface area contributed by atoms with Crippen LogP contribution >= 0.6 is 7.82 Å². The summed E-state index contributed by atoms with van der Waals surface area (Å²) in [4.78, 5) is 9.91. The van der Waals surface area contributed by atoms with Crippen molar-refractivity contribution in [3.63, 3.8) is 0 Å². The van der Waals surface area contributed by atoms with E-state index in [4.69, 9.17) is 9.05 Å². The van der Waals surface area contributed by atoms with Crippen LogP contribution in [0, 0.1) is 29.6 Å². The standard InChI is InChI=1S/C15H31O5P.Y/c1-7-9(2)8-19-21(17,18)20-15-12(5)10(3)11(4)14(16)13(15)6;/h9-16H,7-8H2,1-6H3,(H,17,18);/t9-,10?,11?,12?,13?,14?,15?;/m0./s1. The monoisotopic (exact) mass is 411 g/mol. The molecule has 22 heavy (non-hydrogen) atoms. The SMILES string of the molecule is CC[C@H](C)COP(=O)(O)OC1C(C)C(C)C(C)C(O)C1C.[Y]. The Labute approximate surface area is 160 Å². The molecule has 0 spiro atoms. The molecule has 1 radical (unpaired) electrons. The van der Waals surface area contributed by atoms with Crippen molar-refractivity contribution < 1.29 is 56.3 Å². The van der Waals surface area contributed by atoms with E-state index in [0.29, 0.717) is 0 Å². The third-order valence-electron chi connectivity index (χ3n) is 5.25. The summed E-state index contributed by atoms with van der Waals surface area (Å²) in [7, 11) is -4.09. The van der Waals surface area contributed by atoms with Crippen molar-refractivity contribution in [3.05, 3.63) is 0 Å². The summed E-state index contributed by atoms with van der Waals surface area (Å²) < 4.78 is 22.6. The van der Waals surface area contributed by atoms with Crippen LogP contribution in [0.5, 0.6) is 0 Å². The normalized spacial score (nSPS) is 39.6. The molecule has 1 rings (SSSR count). The van der Waals surface area contributed by atoms with E-state index in [1.54, 1.807) is 0 Å². The molecule has 0 heterocycles. The van der Waals surface area contributed by atoms with E-state index in [2.05, 4.69) is 0 Å². The molecule has 0 aromatic heterocycles. The van der Waals surface area contributed by atoms with Gasteiger partial charge in [-0.15, -0.1) is 0 Å². The van der Waals surface area contributed by atoms with Gasteiger partial charge >= 0.3 is 7.82 Å². The first-order chi connectivity index (χ1) is 9.60. The van der Waals surface area contributed by atoms with Gasteiger partial charge in [-0.2, -0.15) is 0 Å². The largest absolute Gasteiger partial charge is 0.472 e. The summed E-state index contributed by atoms with van der Waals surface area (Å²) in [5, 5.41) is 10.3. The smallest absolute Gasteiger partial charge is 0.392 e. The predicted molar refractivity (Wildman–Crippen MR) is 82.8 cm³/mol. The number of aliphatic hydroxyl groups is 1. The third kappa shape index (κ3) is 5.91. The van der Waals surface area contributed by atoms with E-state index < -0.39 is 20.0 Å². The van der Waals surface area contributed by atoms with E-state index in [1.165, 1.54) is 0 Å². The van der Waals surface area contributed by atoms with Gasteiger partial charge in [-0.05, 0) is 23.7 Å². The van der Waals surface area contributed by atoms with Gasteiger partial charge in [0.15, 0.2) is 0 Å². The summed E-state index contributed by atoms with van der Waals surface area (Å²) >= 11 is 0. The van der Waals surface area contributed by atoms with Crippen LogP contribution in [-0.2, 0) is 46.3 Å². The molecule has 8 atom stereocenters. The molecule has 0 aliphatic heterocycles. The molecular formula is C15H31O5PY. The average molecular weight is 411 g/mol. The molecule has 1 fully saturated rings. The Kier molecular flexibility index (Phi) is 10.1. The van der Waals surface area contributed by atoms with E-state index in [9.17, 15) is 14.6 Å². The second-order valence-corrected chi connectivity index (χ2v) is 8.18. The van der Waals surface area contributed by atoms with Gasteiger partial charge in [-0.1, -0.05) is 48.0 Å². The van der Waals surface area contributed by atoms with E-state index in [-0.39, 0.29) is 68.9 Å². The minimum absolute atomic E-state index is 0. The first kappa shape index (κ1) is 23.2. The number of hydrogen-bond acceptors (Lipinski definition) is 4. The Morgan fingerprint density at radius 1 is 1.09 bits per heavy atom. The second-order valence-electron chi connectivity index (χ2n) is 6.77. The van der Waals surface area contributed by atoms with Crippen molar-refractivity contribution in [2.75, 3.05) is 6.61 Å². The third-order valence-corrected chi connectivity index (χ3v) is 6.23. The van der Waals surface area contributed by atoms with Crippen LogP contribution in [0.25, 0.3) is 0 Å². The number of phosphoric ester groups is 1. The summed E-state index contributed by atoms with van der Waals surface area (Å²) in [5.74, 6) is 0.467. The molecule has 0 aromatic carbocycles. The Balaban J connectivity index is 0.00000441. The van der Waals surface area contributed by atoms with Crippen molar-refractivity contribution in [2.24, 2.45) is 29.6 Å². The van der Waals surface area contributed by atoms with Crippen LogP contribution in [0.1, 0.15) is 48.0 Å². The zero-order valence-corrected chi connectivity index (χ0v) is 18.3. The molecule has 0 amide bonds. The number of phosphoric acid groups is 1. The maximum atomic E-state index is 12.1. The Morgan fingerprint density at radius 2 is 1.64 bits per heavy atom. The molecule has 7 heteroatoms. The Hall–Kier alpha value is 1.17. The zero-order chi connectivity index (χ0) is 16.4. The maximum absolute atomic E-state index is 12.1. The summed E-state index contributed by atoms with van der Waals surface area (Å²) in [5.41, 5.74) is 0. The van der Waals surface area contributed by atoms with E-state index in [0.717, 1.165) is 6.42 Å². The maximum Gasteiger partial charge on any atom is 0.472 e. The van der Waals surface area contributed by atoms with E-state index in [1.807, 2.05) is 41.5 Å². The van der Waals surface area contributed by atoms with Crippen molar-refractivity contribution in [1.82, 2.24) is 0 Å². The van der Waals surface area contributed by atoms with Gasteiger partial charge in [0.25, 0.3) is 0 Å². The van der Waals surface area contributed by atoms with Crippen LogP contribution in [0.3, 0.4) is 0 Å². The van der Waals surface area contributed by atoms with E-state index >= 15 is 0 Å². The first-order valence-corrected chi connectivity index (χ1v) is 9.44. The molecule has 0 aromatic rings. The van der Waals surface area contributed by atoms with Gasteiger partial charge < -0.3 is 10.00 Å². The zero-order valence-electron chi connectivity index (χ0n) is 14.6. The van der Waals surface area contributed by atoms with Crippen molar-refractivity contribution in [1.29, 1.82) is 0 Å². The molecule has 7 unspecified atom stereocenters. The first-order valence-electron chi connectivity index (χ1n) is 7.94. The summed E-state index contributed by atoms with van der Waals surface area (Å²) in [6.45, 7) is 12.1. The minimum atomic E-state index is -4.09. The fourth-order valence-corrected chi connectivity index (χ4v) is 4.15. The minimum Gasteiger partial charge on any atom is -0.392 e. The number of hydrogen-bond donors (Lipinski definition) is 2. The molecule has 2 N–H and O–H groups in total. The van der Waals surface area contributed by atoms with Crippen LogP contribution < -0.4 is 0 Å². The van der Waals surface area contributed by atoms with Crippen molar-refractivity contribution in [3.8, 4) is 0 Å². The molecule has 1 aliphatic carbocycles. The van der Waals surface area contributed by atoms with Gasteiger partial charge in [-0.3, -0.25) is 9.05 Å². The fraction of sp³-hybridized carbons (Fsp3) is 1.00. The predicted octanol–water partition coefficient (Wildman–Crippen LogP) is 3.45. The van der Waals surface area contributed by atoms with Crippen LogP contribution in [0.4, 0.5) is 0 Å². The second kappa shape index (κ2) is 9.60. The number of aliphatic hydroxyl groups excluding tert-OH is 1. The molecule has 0 bridgehead atoms. The molecule has 129 valence electrons. The molecule has 1 aliphatic rings. The van der Waals surface area contributed by atoms with Gasteiger partial charge in [0.1, 0.15) is 0 Å². The topological polar surface area (TPSA) is 76.0 Å². The molecule has 1 saturated carbocycles. The molecular weight excluding hydrogens is 380 g/mol. The van der Waals surface area contributed by atoms with Crippen LogP contribution in [-0.4, -0.2) is 28.8 Å². The number of rotatable bonds is 6. The quantitative estimate of drug-likeness (QED) is 0.655. The summed E-state index contributed by atoms with van der Waals surface area (Å²) in [6, 6.07) is 0. The summed E-state index contributed by atoms with van der Waals surface area (Å²) in [6.07, 6.45) is -0.126. The Bertz CT molecular complexity index is 365. The van der Waals surface area contributed by atoms with Gasteiger partial charge in [0.2, 0.25) is 0 Å². The molecule has 0 saturated heterocycles. The van der Waals surface area contributed by atoms with Crippen LogP contribution in [0.2, 0.25) is 0 Å². The Morgan fingerprint density at radius 3 is 2.14 bits per heavy atom. The van der Waals surface area contributed by atoms with Crippen molar-refractivity contribution in [2.45, 2.75) is 60.2 Å². The van der Waals surface area contributed by atoms with Crippen LogP contribution in [0.15, 0.2) is 0 Å². The van der Waals surface area contributed by atoms with Crippen molar-refractivity contribution >= 4 is 7.82 Å². The van der Waals surface area contributed by atoms with Gasteiger partial charge in [0.05, 0.1) is 18.8 Å². The average Bonchev–Trinajstić information content (AvgIpc) is 2.45. The fourth-order valence-electron chi connectivity index (χ4n) is 2.96.